The smallest absolute Gasteiger partial charge is 0.401 e. The van der Waals surface area contributed by atoms with Gasteiger partial charge in [0.25, 0.3) is 0 Å². The molecule has 3 nitrogen and oxygen atoms in total. The Morgan fingerprint density at radius 3 is 2.35 bits per heavy atom. The van der Waals surface area contributed by atoms with Gasteiger partial charge in [-0.05, 0) is 35.9 Å². The summed E-state index contributed by atoms with van der Waals surface area (Å²) in [7, 11) is -3.81. The number of benzene rings is 2. The van der Waals surface area contributed by atoms with Crippen LogP contribution in [0.15, 0.2) is 48.3 Å². The number of hydrogen-bond acceptors (Lipinski definition) is 2. The van der Waals surface area contributed by atoms with Crippen LogP contribution >= 0.6 is 30.8 Å². The normalized spacial score (nSPS) is 20.9. The van der Waals surface area contributed by atoms with Gasteiger partial charge in [0.05, 0.1) is 0 Å². The molecule has 0 aromatic heterocycles. The summed E-state index contributed by atoms with van der Waals surface area (Å²) in [6, 6.07) is 11.9. The molecule has 3 rings (SSSR count). The minimum absolute atomic E-state index is 0.340. The fourth-order valence-corrected chi connectivity index (χ4v) is 3.46. The van der Waals surface area contributed by atoms with Crippen LogP contribution in [0.5, 0.6) is 5.75 Å². The summed E-state index contributed by atoms with van der Waals surface area (Å²) in [4.78, 5) is 9.77. The van der Waals surface area contributed by atoms with Crippen molar-refractivity contribution < 1.29 is 14.0 Å². The van der Waals surface area contributed by atoms with Crippen LogP contribution in [0, 0.1) is 0 Å². The molecule has 1 aliphatic heterocycles. The van der Waals surface area contributed by atoms with Crippen LogP contribution in [0.3, 0.4) is 0 Å². The van der Waals surface area contributed by atoms with Crippen LogP contribution in [0.4, 0.5) is 0 Å². The third-order valence-electron chi connectivity index (χ3n) is 2.91. The molecular formula is C14H9Cl2O3P. The largest absolute Gasteiger partial charge is 0.421 e. The SMILES string of the molecule is O=P1(O)C=C(c2ccc(Cl)cc2)c2cc(Cl)ccc2O1. The monoisotopic (exact) mass is 326 g/mol. The van der Waals surface area contributed by atoms with Crippen LogP contribution in [0.25, 0.3) is 5.57 Å². The summed E-state index contributed by atoms with van der Waals surface area (Å²) < 4.78 is 17.0. The number of hydrogen-bond donors (Lipinski definition) is 1. The zero-order valence-corrected chi connectivity index (χ0v) is 12.5. The van der Waals surface area contributed by atoms with E-state index in [-0.39, 0.29) is 0 Å². The summed E-state index contributed by atoms with van der Waals surface area (Å²) in [6.45, 7) is 0. The van der Waals surface area contributed by atoms with Crippen LogP contribution in [0.1, 0.15) is 11.1 Å². The minimum atomic E-state index is -3.81. The molecule has 0 amide bonds. The Labute approximate surface area is 126 Å². The van der Waals surface area contributed by atoms with Gasteiger partial charge in [-0.2, -0.15) is 0 Å². The molecule has 0 fully saturated rings. The van der Waals surface area contributed by atoms with E-state index in [2.05, 4.69) is 0 Å². The second-order valence-electron chi connectivity index (χ2n) is 4.35. The third kappa shape index (κ3) is 2.63. The molecule has 0 saturated carbocycles. The van der Waals surface area contributed by atoms with Gasteiger partial charge in [0.2, 0.25) is 0 Å². The lowest BCUT2D eigenvalue weighted by molar-refractivity contribution is 0.390. The molecule has 0 spiro atoms. The predicted octanol–water partition coefficient (Wildman–Crippen LogP) is 4.96. The molecule has 2 aromatic carbocycles. The van der Waals surface area contributed by atoms with E-state index < -0.39 is 7.60 Å². The fraction of sp³-hybridized carbons (Fsp3) is 0. The Bertz CT molecular complexity index is 754. The highest BCUT2D eigenvalue weighted by Gasteiger charge is 2.28. The van der Waals surface area contributed by atoms with Crippen LogP contribution in [0.2, 0.25) is 10.0 Å². The van der Waals surface area contributed by atoms with Crippen molar-refractivity contribution in [1.29, 1.82) is 0 Å². The van der Waals surface area contributed by atoms with E-state index in [1.165, 1.54) is 5.82 Å². The topological polar surface area (TPSA) is 46.5 Å². The van der Waals surface area contributed by atoms with E-state index in [1.807, 2.05) is 0 Å². The molecule has 1 N–H and O–H groups in total. The first kappa shape index (κ1) is 13.7. The maximum atomic E-state index is 11.9. The van der Waals surface area contributed by atoms with Crippen LogP contribution in [-0.4, -0.2) is 4.89 Å². The summed E-state index contributed by atoms with van der Waals surface area (Å²) >= 11 is 11.9. The van der Waals surface area contributed by atoms with Crippen molar-refractivity contribution in [3.8, 4) is 5.75 Å². The van der Waals surface area contributed by atoms with Gasteiger partial charge in [-0.3, -0.25) is 0 Å². The van der Waals surface area contributed by atoms with E-state index in [0.29, 0.717) is 26.9 Å². The quantitative estimate of drug-likeness (QED) is 0.753. The molecule has 2 aromatic rings. The van der Waals surface area contributed by atoms with Crippen molar-refractivity contribution in [1.82, 2.24) is 0 Å². The van der Waals surface area contributed by atoms with Gasteiger partial charge < -0.3 is 9.42 Å². The summed E-state index contributed by atoms with van der Waals surface area (Å²) in [6.07, 6.45) is 0. The van der Waals surface area contributed by atoms with Crippen molar-refractivity contribution in [2.45, 2.75) is 0 Å². The highest BCUT2D eigenvalue weighted by Crippen LogP contribution is 2.54. The van der Waals surface area contributed by atoms with Gasteiger partial charge in [-0.15, -0.1) is 0 Å². The highest BCUT2D eigenvalue weighted by atomic mass is 35.5. The van der Waals surface area contributed by atoms with Crippen molar-refractivity contribution >= 4 is 36.4 Å². The summed E-state index contributed by atoms with van der Waals surface area (Å²) in [5.74, 6) is 1.57. The lowest BCUT2D eigenvalue weighted by Crippen LogP contribution is -2.02. The van der Waals surface area contributed by atoms with Gasteiger partial charge in [0.1, 0.15) is 5.75 Å². The Balaban J connectivity index is 2.22. The van der Waals surface area contributed by atoms with Gasteiger partial charge in [0.15, 0.2) is 0 Å². The Kier molecular flexibility index (Phi) is 3.39. The molecular weight excluding hydrogens is 318 g/mol. The second-order valence-corrected chi connectivity index (χ2v) is 6.79. The summed E-state index contributed by atoms with van der Waals surface area (Å²) in [5.41, 5.74) is 2.06. The number of fused-ring (bicyclic) bond motifs is 1. The number of rotatable bonds is 1. The van der Waals surface area contributed by atoms with Crippen molar-refractivity contribution in [2.75, 3.05) is 0 Å². The standard InChI is InChI=1S/C14H9Cl2O3P/c15-10-3-1-9(2-4-10)13-8-20(17,18)19-14-6-5-11(16)7-12(13)14/h1-8H,(H,17,18). The maximum Gasteiger partial charge on any atom is 0.401 e. The Morgan fingerprint density at radius 2 is 1.65 bits per heavy atom. The molecule has 6 heteroatoms. The molecule has 1 aliphatic rings. The van der Waals surface area contributed by atoms with Gasteiger partial charge >= 0.3 is 7.60 Å². The van der Waals surface area contributed by atoms with Crippen LogP contribution < -0.4 is 4.52 Å². The molecule has 0 aliphatic carbocycles. The fourth-order valence-electron chi connectivity index (χ4n) is 2.05. The Hall–Kier alpha value is -1.25. The molecule has 20 heavy (non-hydrogen) atoms. The second kappa shape index (κ2) is 4.94. The van der Waals surface area contributed by atoms with Gasteiger partial charge in [-0.1, -0.05) is 35.3 Å². The lowest BCUT2D eigenvalue weighted by atomic mass is 9.99. The molecule has 0 radical (unpaired) electrons. The first-order valence-corrected chi connectivity index (χ1v) is 8.16. The van der Waals surface area contributed by atoms with E-state index in [1.54, 1.807) is 42.5 Å². The predicted molar refractivity (Wildman–Crippen MR) is 80.4 cm³/mol. The van der Waals surface area contributed by atoms with Gasteiger partial charge in [-0.25, -0.2) is 4.57 Å². The zero-order valence-electron chi connectivity index (χ0n) is 10.1. The van der Waals surface area contributed by atoms with E-state index in [9.17, 15) is 9.46 Å². The first-order chi connectivity index (χ1) is 9.44. The molecule has 0 bridgehead atoms. The van der Waals surface area contributed by atoms with E-state index in [0.717, 1.165) is 5.56 Å². The molecule has 1 heterocycles. The molecule has 0 saturated heterocycles. The number of halogens is 2. The van der Waals surface area contributed by atoms with E-state index >= 15 is 0 Å². The van der Waals surface area contributed by atoms with Gasteiger partial charge in [0, 0.05) is 27.0 Å². The first-order valence-electron chi connectivity index (χ1n) is 5.75. The van der Waals surface area contributed by atoms with Crippen LogP contribution in [-0.2, 0) is 4.57 Å². The lowest BCUT2D eigenvalue weighted by Gasteiger charge is -2.22. The van der Waals surface area contributed by atoms with E-state index in [4.69, 9.17) is 27.7 Å². The molecule has 1 unspecified atom stereocenters. The Morgan fingerprint density at radius 1 is 1.00 bits per heavy atom. The van der Waals surface area contributed by atoms with Crippen molar-refractivity contribution in [3.63, 3.8) is 0 Å². The minimum Gasteiger partial charge on any atom is -0.421 e. The molecule has 1 atom stereocenters. The zero-order chi connectivity index (χ0) is 14.3. The highest BCUT2D eigenvalue weighted by molar-refractivity contribution is 7.57. The maximum absolute atomic E-state index is 11.9. The van der Waals surface area contributed by atoms with Crippen molar-refractivity contribution in [2.24, 2.45) is 0 Å². The summed E-state index contributed by atoms with van der Waals surface area (Å²) in [5, 5.41) is 1.13. The molecule has 102 valence electrons. The average Bonchev–Trinajstić information content (AvgIpc) is 2.39. The third-order valence-corrected chi connectivity index (χ3v) is 4.44. The average molecular weight is 327 g/mol. The van der Waals surface area contributed by atoms with Crippen molar-refractivity contribution in [3.05, 3.63) is 69.5 Å².